The van der Waals surface area contributed by atoms with Crippen molar-refractivity contribution in [3.63, 3.8) is 0 Å². The average Bonchev–Trinajstić information content (AvgIpc) is 2.94. The SMILES string of the molecule is CCCNC(=O)[C@H](Cc1ccccc1)N(Cc1cccc(Br)c1)C(=O)CCCN(C)S(=O)(=O)c1ccccc1. The second-order valence-electron chi connectivity index (χ2n) is 9.39. The lowest BCUT2D eigenvalue weighted by molar-refractivity contribution is -0.141. The monoisotopic (exact) mass is 613 g/mol. The molecule has 0 saturated heterocycles. The fourth-order valence-corrected chi connectivity index (χ4v) is 5.92. The van der Waals surface area contributed by atoms with Crippen molar-refractivity contribution in [2.24, 2.45) is 0 Å². The van der Waals surface area contributed by atoms with Crippen LogP contribution in [0.4, 0.5) is 0 Å². The summed E-state index contributed by atoms with van der Waals surface area (Å²) < 4.78 is 27.9. The third kappa shape index (κ3) is 9.02. The van der Waals surface area contributed by atoms with Crippen molar-refractivity contribution in [2.45, 2.75) is 50.1 Å². The lowest BCUT2D eigenvalue weighted by Gasteiger charge is -2.32. The molecule has 0 aliphatic carbocycles. The molecular formula is C30H36BrN3O4S. The molecule has 0 aromatic heterocycles. The molecular weight excluding hydrogens is 578 g/mol. The first kappa shape index (κ1) is 30.5. The highest BCUT2D eigenvalue weighted by Crippen LogP contribution is 2.20. The Bertz CT molecular complexity index is 1320. The van der Waals surface area contributed by atoms with Crippen LogP contribution in [0.15, 0.2) is 94.3 Å². The molecule has 1 atom stereocenters. The maximum atomic E-state index is 13.7. The number of nitrogens with one attached hydrogen (secondary N) is 1. The largest absolute Gasteiger partial charge is 0.354 e. The van der Waals surface area contributed by atoms with E-state index in [1.807, 2.05) is 61.5 Å². The summed E-state index contributed by atoms with van der Waals surface area (Å²) in [5.74, 6) is -0.402. The molecule has 7 nitrogen and oxygen atoms in total. The highest BCUT2D eigenvalue weighted by molar-refractivity contribution is 9.10. The summed E-state index contributed by atoms with van der Waals surface area (Å²) in [6, 6.07) is 24.8. The van der Waals surface area contributed by atoms with Crippen molar-refractivity contribution in [1.29, 1.82) is 0 Å². The normalized spacial score (nSPS) is 12.2. The highest BCUT2D eigenvalue weighted by atomic mass is 79.9. The van der Waals surface area contributed by atoms with E-state index in [2.05, 4.69) is 21.2 Å². The molecule has 0 bridgehead atoms. The predicted molar refractivity (Wildman–Crippen MR) is 157 cm³/mol. The van der Waals surface area contributed by atoms with Crippen LogP contribution in [-0.4, -0.2) is 55.6 Å². The Labute approximate surface area is 240 Å². The van der Waals surface area contributed by atoms with Gasteiger partial charge in [-0.25, -0.2) is 12.7 Å². The molecule has 3 rings (SSSR count). The van der Waals surface area contributed by atoms with Crippen molar-refractivity contribution in [2.75, 3.05) is 20.1 Å². The molecule has 9 heteroatoms. The lowest BCUT2D eigenvalue weighted by Crippen LogP contribution is -2.50. The molecule has 0 radical (unpaired) electrons. The molecule has 2 amide bonds. The van der Waals surface area contributed by atoms with Gasteiger partial charge in [-0.3, -0.25) is 9.59 Å². The molecule has 0 aliphatic rings. The van der Waals surface area contributed by atoms with Gasteiger partial charge in [0.25, 0.3) is 0 Å². The fourth-order valence-electron chi connectivity index (χ4n) is 4.24. The molecule has 1 N–H and O–H groups in total. The number of carbonyl (C=O) groups is 2. The van der Waals surface area contributed by atoms with Gasteiger partial charge in [0.2, 0.25) is 21.8 Å². The van der Waals surface area contributed by atoms with Gasteiger partial charge in [0, 0.05) is 44.0 Å². The number of rotatable bonds is 14. The molecule has 0 aliphatic heterocycles. The van der Waals surface area contributed by atoms with Crippen LogP contribution in [0.25, 0.3) is 0 Å². The van der Waals surface area contributed by atoms with E-state index in [1.54, 1.807) is 35.2 Å². The first-order valence-corrected chi connectivity index (χ1v) is 15.3. The lowest BCUT2D eigenvalue weighted by atomic mass is 10.0. The number of hydrogen-bond acceptors (Lipinski definition) is 4. The topological polar surface area (TPSA) is 86.8 Å². The number of sulfonamides is 1. The van der Waals surface area contributed by atoms with Gasteiger partial charge in [0.05, 0.1) is 4.90 Å². The van der Waals surface area contributed by atoms with Gasteiger partial charge in [-0.2, -0.15) is 0 Å². The van der Waals surface area contributed by atoms with Crippen LogP contribution in [0.5, 0.6) is 0 Å². The van der Waals surface area contributed by atoms with Gasteiger partial charge in [-0.1, -0.05) is 83.5 Å². The maximum Gasteiger partial charge on any atom is 0.243 e. The quantitative estimate of drug-likeness (QED) is 0.277. The van der Waals surface area contributed by atoms with Gasteiger partial charge < -0.3 is 10.2 Å². The fraction of sp³-hybridized carbons (Fsp3) is 0.333. The van der Waals surface area contributed by atoms with E-state index in [4.69, 9.17) is 0 Å². The number of carbonyl (C=O) groups excluding carboxylic acids is 2. The van der Waals surface area contributed by atoms with E-state index < -0.39 is 16.1 Å². The first-order chi connectivity index (χ1) is 18.7. The summed E-state index contributed by atoms with van der Waals surface area (Å²) in [6.07, 6.45) is 1.59. The Morgan fingerprint density at radius 2 is 1.56 bits per heavy atom. The van der Waals surface area contributed by atoms with Crippen molar-refractivity contribution in [3.8, 4) is 0 Å². The molecule has 0 saturated carbocycles. The molecule has 208 valence electrons. The molecule has 39 heavy (non-hydrogen) atoms. The molecule has 3 aromatic rings. The molecule has 0 heterocycles. The standard InChI is InChI=1S/C30H36BrN3O4S/c1-3-19-32-30(36)28(22-24-12-6-4-7-13-24)34(23-25-14-10-15-26(31)21-25)29(35)18-11-20-33(2)39(37,38)27-16-8-5-9-17-27/h4-10,12-17,21,28H,3,11,18-20,22-23H2,1-2H3,(H,32,36)/t28-/m0/s1. The van der Waals surface area contributed by atoms with Gasteiger partial charge in [-0.15, -0.1) is 0 Å². The summed E-state index contributed by atoms with van der Waals surface area (Å²) in [4.78, 5) is 28.9. The minimum Gasteiger partial charge on any atom is -0.354 e. The minimum absolute atomic E-state index is 0.106. The van der Waals surface area contributed by atoms with Crippen molar-refractivity contribution in [3.05, 3.63) is 101 Å². The summed E-state index contributed by atoms with van der Waals surface area (Å²) >= 11 is 3.49. The number of hydrogen-bond donors (Lipinski definition) is 1. The Morgan fingerprint density at radius 1 is 0.923 bits per heavy atom. The zero-order valence-electron chi connectivity index (χ0n) is 22.4. The maximum absolute atomic E-state index is 13.7. The van der Waals surface area contributed by atoms with E-state index in [1.165, 1.54) is 11.4 Å². The van der Waals surface area contributed by atoms with E-state index in [-0.39, 0.29) is 36.2 Å². The van der Waals surface area contributed by atoms with Crippen LogP contribution in [0.3, 0.4) is 0 Å². The summed E-state index contributed by atoms with van der Waals surface area (Å²) in [6.45, 7) is 2.94. The molecule has 0 spiro atoms. The van der Waals surface area contributed by atoms with Crippen molar-refractivity contribution >= 4 is 37.8 Å². The van der Waals surface area contributed by atoms with Crippen LogP contribution in [0.1, 0.15) is 37.3 Å². The summed E-state index contributed by atoms with van der Waals surface area (Å²) in [7, 11) is -2.14. The number of nitrogens with zero attached hydrogens (tertiary/aromatic N) is 2. The number of amides is 2. The molecule has 3 aromatic carbocycles. The second kappa shape index (κ2) is 15.0. The van der Waals surface area contributed by atoms with E-state index in [0.29, 0.717) is 19.4 Å². The highest BCUT2D eigenvalue weighted by Gasteiger charge is 2.30. The summed E-state index contributed by atoms with van der Waals surface area (Å²) in [5.41, 5.74) is 1.85. The van der Waals surface area contributed by atoms with Gasteiger partial charge in [0.1, 0.15) is 6.04 Å². The number of halogens is 1. The van der Waals surface area contributed by atoms with Crippen molar-refractivity contribution in [1.82, 2.24) is 14.5 Å². The number of benzene rings is 3. The third-order valence-electron chi connectivity index (χ3n) is 6.38. The smallest absolute Gasteiger partial charge is 0.243 e. The molecule has 0 unspecified atom stereocenters. The van der Waals surface area contributed by atoms with Crippen LogP contribution in [-0.2, 0) is 32.6 Å². The van der Waals surface area contributed by atoms with Crippen LogP contribution in [0.2, 0.25) is 0 Å². The third-order valence-corrected chi connectivity index (χ3v) is 8.74. The first-order valence-electron chi connectivity index (χ1n) is 13.1. The van der Waals surface area contributed by atoms with Gasteiger partial charge in [0.15, 0.2) is 0 Å². The Hall–Kier alpha value is -3.01. The molecule has 0 fully saturated rings. The van der Waals surface area contributed by atoms with Crippen LogP contribution in [0, 0.1) is 0 Å². The van der Waals surface area contributed by atoms with Gasteiger partial charge in [-0.05, 0) is 48.2 Å². The zero-order valence-corrected chi connectivity index (χ0v) is 24.8. The van der Waals surface area contributed by atoms with E-state index in [9.17, 15) is 18.0 Å². The van der Waals surface area contributed by atoms with E-state index >= 15 is 0 Å². The van der Waals surface area contributed by atoms with Crippen LogP contribution < -0.4 is 5.32 Å². The second-order valence-corrected chi connectivity index (χ2v) is 12.4. The van der Waals surface area contributed by atoms with Gasteiger partial charge >= 0.3 is 0 Å². The Kier molecular flexibility index (Phi) is 11.7. The zero-order chi connectivity index (χ0) is 28.3. The Morgan fingerprint density at radius 3 is 2.21 bits per heavy atom. The average molecular weight is 615 g/mol. The predicted octanol–water partition coefficient (Wildman–Crippen LogP) is 5.02. The Balaban J connectivity index is 1.81. The van der Waals surface area contributed by atoms with Crippen molar-refractivity contribution < 1.29 is 18.0 Å². The van der Waals surface area contributed by atoms with E-state index in [0.717, 1.165) is 22.0 Å². The summed E-state index contributed by atoms with van der Waals surface area (Å²) in [5, 5.41) is 2.97. The van der Waals surface area contributed by atoms with Crippen LogP contribution >= 0.6 is 15.9 Å². The minimum atomic E-state index is -3.65.